The molecule has 0 N–H and O–H groups in total. The fourth-order valence-corrected chi connectivity index (χ4v) is 3.20. The van der Waals surface area contributed by atoms with Crippen LogP contribution in [-0.2, 0) is 17.8 Å². The molecule has 0 radical (unpaired) electrons. The number of halogens is 1. The maximum atomic E-state index is 12.5. The van der Waals surface area contributed by atoms with Crippen LogP contribution in [0.2, 0.25) is 0 Å². The van der Waals surface area contributed by atoms with Crippen LogP contribution < -0.4 is 0 Å². The van der Waals surface area contributed by atoms with Crippen LogP contribution in [0.5, 0.6) is 0 Å². The first-order valence-electron chi connectivity index (χ1n) is 9.63. The van der Waals surface area contributed by atoms with Crippen LogP contribution in [0.4, 0.5) is 0 Å². The molecule has 0 saturated carbocycles. The number of benzene rings is 3. The predicted octanol–water partition coefficient (Wildman–Crippen LogP) is 5.93. The quantitative estimate of drug-likeness (QED) is 0.357. The lowest BCUT2D eigenvalue weighted by molar-refractivity contribution is -0.0309. The minimum atomic E-state index is -0.355. The van der Waals surface area contributed by atoms with Gasteiger partial charge in [0.25, 0.3) is 0 Å². The number of nitrogens with zero attached hydrogens (tertiary/aromatic N) is 1. The Morgan fingerprint density at radius 3 is 1.72 bits per heavy atom. The largest absolute Gasteiger partial charge is 0.443 e. The molecule has 3 aromatic rings. The van der Waals surface area contributed by atoms with E-state index in [1.807, 2.05) is 37.3 Å². The highest BCUT2D eigenvalue weighted by Gasteiger charge is 2.20. The van der Waals surface area contributed by atoms with Gasteiger partial charge in [0.2, 0.25) is 0 Å². The Kier molecular flexibility index (Phi) is 8.44. The molecule has 0 spiro atoms. The summed E-state index contributed by atoms with van der Waals surface area (Å²) in [6.45, 7) is 7.59. The average Bonchev–Trinajstić information content (AvgIpc) is 2.71. The van der Waals surface area contributed by atoms with Crippen molar-refractivity contribution < 1.29 is 9.53 Å². The second kappa shape index (κ2) is 10.8. The summed E-state index contributed by atoms with van der Waals surface area (Å²) in [5.41, 5.74) is 5.51. The van der Waals surface area contributed by atoms with E-state index in [1.165, 1.54) is 22.3 Å². The van der Waals surface area contributed by atoms with Crippen LogP contribution in [0.1, 0.15) is 39.5 Å². The molecule has 3 rings (SSSR count). The van der Waals surface area contributed by atoms with Gasteiger partial charge in [-0.05, 0) is 55.2 Å². The molecular weight excluding hydrogens is 382 g/mol. The van der Waals surface area contributed by atoms with Crippen LogP contribution in [0.15, 0.2) is 78.9 Å². The summed E-state index contributed by atoms with van der Waals surface area (Å²) >= 11 is 0. The van der Waals surface area contributed by atoms with E-state index in [9.17, 15) is 4.79 Å². The normalized spacial score (nSPS) is 11.6. The summed E-state index contributed by atoms with van der Waals surface area (Å²) in [5.74, 6) is -0.298. The Morgan fingerprint density at radius 2 is 1.24 bits per heavy atom. The fourth-order valence-electron chi connectivity index (χ4n) is 3.20. The summed E-state index contributed by atoms with van der Waals surface area (Å²) in [7, 11) is 0. The molecule has 0 aliphatic heterocycles. The summed E-state index contributed by atoms with van der Waals surface area (Å²) in [6, 6.07) is 25.8. The molecule has 3 nitrogen and oxygen atoms in total. The first kappa shape index (κ1) is 22.7. The van der Waals surface area contributed by atoms with Crippen LogP contribution in [-0.4, -0.2) is 17.1 Å². The predicted molar refractivity (Wildman–Crippen MR) is 120 cm³/mol. The molecule has 0 aliphatic carbocycles. The number of hydrogen-bond acceptors (Lipinski definition) is 3. The molecule has 152 valence electrons. The number of ether oxygens (including phenoxy) is 1. The zero-order valence-corrected chi connectivity index (χ0v) is 18.0. The van der Waals surface area contributed by atoms with Crippen LogP contribution >= 0.6 is 12.4 Å². The average molecular weight is 410 g/mol. The van der Waals surface area contributed by atoms with Crippen molar-refractivity contribution in [1.82, 2.24) is 4.90 Å². The number of rotatable bonds is 7. The summed E-state index contributed by atoms with van der Waals surface area (Å²) in [6.07, 6.45) is -0.355. The van der Waals surface area contributed by atoms with Crippen molar-refractivity contribution >= 4 is 18.4 Å². The molecule has 0 saturated heterocycles. The van der Waals surface area contributed by atoms with Gasteiger partial charge in [-0.3, -0.25) is 4.90 Å². The molecule has 4 heteroatoms. The van der Waals surface area contributed by atoms with Gasteiger partial charge in [-0.15, -0.1) is 12.4 Å². The monoisotopic (exact) mass is 409 g/mol. The molecule has 0 aromatic heterocycles. The number of carbonyl (C=O) groups excluding carboxylic acids is 1. The molecule has 0 fully saturated rings. The Hall–Kier alpha value is -2.62. The Bertz CT molecular complexity index is 879. The van der Waals surface area contributed by atoms with E-state index in [4.69, 9.17) is 4.74 Å². The first-order valence-corrected chi connectivity index (χ1v) is 9.63. The van der Waals surface area contributed by atoms with Crippen molar-refractivity contribution in [2.75, 3.05) is 0 Å². The second-order valence-electron chi connectivity index (χ2n) is 7.13. The maximum absolute atomic E-state index is 12.5. The molecule has 1 atom stereocenters. The van der Waals surface area contributed by atoms with Gasteiger partial charge in [0.1, 0.15) is 0 Å². The highest BCUT2D eigenvalue weighted by atomic mass is 35.5. The molecule has 3 aromatic carbocycles. The van der Waals surface area contributed by atoms with Crippen molar-refractivity contribution in [2.24, 2.45) is 0 Å². The molecule has 1 unspecified atom stereocenters. The number of aryl methyl sites for hydroxylation is 2. The third-order valence-corrected chi connectivity index (χ3v) is 5.07. The highest BCUT2D eigenvalue weighted by molar-refractivity contribution is 5.89. The van der Waals surface area contributed by atoms with Crippen LogP contribution in [0, 0.1) is 13.8 Å². The fraction of sp³-hybridized carbons (Fsp3) is 0.240. The van der Waals surface area contributed by atoms with Gasteiger partial charge in [0.05, 0.1) is 5.56 Å². The van der Waals surface area contributed by atoms with E-state index < -0.39 is 0 Å². The van der Waals surface area contributed by atoms with E-state index in [-0.39, 0.29) is 24.6 Å². The lowest BCUT2D eigenvalue weighted by Gasteiger charge is -2.30. The van der Waals surface area contributed by atoms with E-state index in [0.717, 1.165) is 0 Å². The van der Waals surface area contributed by atoms with E-state index in [2.05, 4.69) is 55.1 Å². The number of carbonyl (C=O) groups is 1. The Labute approximate surface area is 179 Å². The number of hydrogen-bond donors (Lipinski definition) is 0. The molecule has 29 heavy (non-hydrogen) atoms. The smallest absolute Gasteiger partial charge is 0.339 e. The first-order chi connectivity index (χ1) is 13.5. The third kappa shape index (κ3) is 6.18. The summed E-state index contributed by atoms with van der Waals surface area (Å²) in [4.78, 5) is 14.7. The van der Waals surface area contributed by atoms with Gasteiger partial charge >= 0.3 is 5.97 Å². The van der Waals surface area contributed by atoms with Gasteiger partial charge < -0.3 is 4.74 Å². The van der Waals surface area contributed by atoms with Crippen molar-refractivity contribution in [1.29, 1.82) is 0 Å². The van der Waals surface area contributed by atoms with Crippen molar-refractivity contribution in [3.8, 4) is 0 Å². The van der Waals surface area contributed by atoms with Gasteiger partial charge in [-0.2, -0.15) is 0 Å². The molecule has 0 heterocycles. The zero-order chi connectivity index (χ0) is 19.9. The van der Waals surface area contributed by atoms with Crippen LogP contribution in [0.25, 0.3) is 0 Å². The lowest BCUT2D eigenvalue weighted by atomic mass is 10.1. The maximum Gasteiger partial charge on any atom is 0.339 e. The highest BCUT2D eigenvalue weighted by Crippen LogP contribution is 2.19. The Morgan fingerprint density at radius 1 is 0.793 bits per heavy atom. The van der Waals surface area contributed by atoms with Gasteiger partial charge in [-0.25, -0.2) is 4.79 Å². The van der Waals surface area contributed by atoms with Crippen molar-refractivity contribution in [3.05, 3.63) is 107 Å². The molecule has 0 bridgehead atoms. The van der Waals surface area contributed by atoms with E-state index >= 15 is 0 Å². The van der Waals surface area contributed by atoms with Crippen LogP contribution in [0.3, 0.4) is 0 Å². The zero-order valence-electron chi connectivity index (χ0n) is 17.2. The second-order valence-corrected chi connectivity index (χ2v) is 7.13. The minimum absolute atomic E-state index is 0. The minimum Gasteiger partial charge on any atom is -0.443 e. The van der Waals surface area contributed by atoms with Gasteiger partial charge in [0.15, 0.2) is 6.23 Å². The number of esters is 1. The standard InChI is InChI=1S/C25H27NO2.ClH/c1-19-11-7-9-15-23(19)17-26(18-24-16-10-8-12-20(24)2)21(3)28-25(27)22-13-5-4-6-14-22;/h4-16,21H,17-18H2,1-3H3;1H. The molecular formula is C25H28ClNO2. The van der Waals surface area contributed by atoms with Crippen molar-refractivity contribution in [2.45, 2.75) is 40.1 Å². The summed E-state index contributed by atoms with van der Waals surface area (Å²) in [5, 5.41) is 0. The lowest BCUT2D eigenvalue weighted by Crippen LogP contribution is -2.36. The van der Waals surface area contributed by atoms with E-state index in [0.29, 0.717) is 18.7 Å². The van der Waals surface area contributed by atoms with Crippen molar-refractivity contribution in [3.63, 3.8) is 0 Å². The molecule has 0 amide bonds. The summed E-state index contributed by atoms with van der Waals surface area (Å²) < 4.78 is 5.81. The topological polar surface area (TPSA) is 29.5 Å². The van der Waals surface area contributed by atoms with Gasteiger partial charge in [-0.1, -0.05) is 66.7 Å². The van der Waals surface area contributed by atoms with E-state index in [1.54, 1.807) is 12.1 Å². The third-order valence-electron chi connectivity index (χ3n) is 5.07. The van der Waals surface area contributed by atoms with Gasteiger partial charge in [0, 0.05) is 13.1 Å². The molecule has 0 aliphatic rings. The Balaban J connectivity index is 0.00000300. The SMILES string of the molecule is Cc1ccccc1CN(Cc1ccccc1C)C(C)OC(=O)c1ccccc1.Cl.